The molecule has 190 valence electrons. The Morgan fingerprint density at radius 1 is 0.556 bits per heavy atom. The molecule has 0 aliphatic carbocycles. The molecule has 2 aliphatic rings. The van der Waals surface area contributed by atoms with Crippen LogP contribution in [-0.4, -0.2) is 57.3 Å². The average Bonchev–Trinajstić information content (AvgIpc) is 2.91. The second-order valence-corrected chi connectivity index (χ2v) is 10.8. The Morgan fingerprint density at radius 3 is 1.78 bits per heavy atom. The number of hydrogen-bond acceptors (Lipinski definition) is 6. The smallest absolute Gasteiger partial charge is 0.0556 e. The highest BCUT2D eigenvalue weighted by molar-refractivity contribution is 7.99. The lowest BCUT2D eigenvalue weighted by Crippen LogP contribution is -2.36. The zero-order valence-electron chi connectivity index (χ0n) is 21.2. The van der Waals surface area contributed by atoms with Crippen LogP contribution in [-0.2, 0) is 13.1 Å². The summed E-state index contributed by atoms with van der Waals surface area (Å²) in [5, 5.41) is 10.7. The molecule has 3 aromatic carbocycles. The predicted molar refractivity (Wildman–Crippen MR) is 152 cm³/mol. The molecule has 2 heterocycles. The van der Waals surface area contributed by atoms with Crippen LogP contribution in [0.25, 0.3) is 0 Å². The summed E-state index contributed by atoms with van der Waals surface area (Å²) in [7, 11) is 0. The number of fused-ring (bicyclic) bond motifs is 2. The van der Waals surface area contributed by atoms with Crippen LogP contribution in [0.5, 0.6) is 0 Å². The molecule has 1 fully saturated rings. The molecule has 0 aromatic heterocycles. The molecule has 6 heteroatoms. The number of anilines is 2. The van der Waals surface area contributed by atoms with E-state index in [2.05, 4.69) is 98.5 Å². The topological polar surface area (TPSA) is 42.6 Å². The zero-order valence-corrected chi connectivity index (χ0v) is 22.0. The third kappa shape index (κ3) is 6.90. The van der Waals surface area contributed by atoms with Crippen LogP contribution in [0.1, 0.15) is 24.0 Å². The van der Waals surface area contributed by atoms with Crippen LogP contribution >= 0.6 is 11.8 Å². The largest absolute Gasteiger partial charge is 0.335 e. The third-order valence-corrected chi connectivity index (χ3v) is 8.05. The number of hydrogen-bond donors (Lipinski definition) is 3. The van der Waals surface area contributed by atoms with Crippen molar-refractivity contribution in [2.45, 2.75) is 35.7 Å². The lowest BCUT2D eigenvalue weighted by atomic mass is 10.1. The molecule has 0 spiro atoms. The number of para-hydroxylation sites is 2. The highest BCUT2D eigenvalue weighted by atomic mass is 32.2. The van der Waals surface area contributed by atoms with Gasteiger partial charge < -0.3 is 20.9 Å². The second kappa shape index (κ2) is 13.3. The minimum absolute atomic E-state index is 0.878. The van der Waals surface area contributed by atoms with Crippen molar-refractivity contribution in [1.29, 1.82) is 0 Å². The number of rotatable bonds is 4. The first-order valence-electron chi connectivity index (χ1n) is 13.4. The Kier molecular flexibility index (Phi) is 9.33. The lowest BCUT2D eigenvalue weighted by molar-refractivity contribution is 0.260. The summed E-state index contributed by atoms with van der Waals surface area (Å²) in [5.41, 5.74) is 5.34. The summed E-state index contributed by atoms with van der Waals surface area (Å²) in [6.07, 6.45) is 2.37. The van der Waals surface area contributed by atoms with E-state index in [4.69, 9.17) is 0 Å². The Balaban J connectivity index is 1.23. The van der Waals surface area contributed by atoms with E-state index in [9.17, 15) is 0 Å². The highest BCUT2D eigenvalue weighted by Crippen LogP contribution is 2.48. The van der Waals surface area contributed by atoms with Crippen molar-refractivity contribution in [1.82, 2.24) is 20.9 Å². The normalized spacial score (nSPS) is 18.2. The van der Waals surface area contributed by atoms with E-state index < -0.39 is 0 Å². The van der Waals surface area contributed by atoms with Crippen molar-refractivity contribution < 1.29 is 0 Å². The van der Waals surface area contributed by atoms with Gasteiger partial charge in [0.05, 0.1) is 11.4 Å². The van der Waals surface area contributed by atoms with Crippen LogP contribution in [0.2, 0.25) is 0 Å². The monoisotopic (exact) mass is 501 g/mol. The fourth-order valence-corrected chi connectivity index (χ4v) is 6.06. The fourth-order valence-electron chi connectivity index (χ4n) is 4.97. The molecule has 5 rings (SSSR count). The standard InChI is InChI=1S/C30H39N5S/c1-3-9-29-27(7-1)35(28-8-2-4-10-30(28)36-29)24-26-13-11-25(12-14-26)23-34-21-6-17-32-19-18-31-15-5-16-33-20-22-34/h1-4,7-14,31-33H,5-6,15-24H2. The van der Waals surface area contributed by atoms with Gasteiger partial charge in [0.25, 0.3) is 0 Å². The molecule has 1 saturated heterocycles. The van der Waals surface area contributed by atoms with Gasteiger partial charge in [-0.2, -0.15) is 0 Å². The molecule has 5 nitrogen and oxygen atoms in total. The van der Waals surface area contributed by atoms with E-state index in [0.717, 1.165) is 65.4 Å². The first kappa shape index (κ1) is 25.3. The van der Waals surface area contributed by atoms with Crippen LogP contribution < -0.4 is 20.9 Å². The van der Waals surface area contributed by atoms with Gasteiger partial charge in [0.15, 0.2) is 0 Å². The van der Waals surface area contributed by atoms with Crippen molar-refractivity contribution in [3.63, 3.8) is 0 Å². The van der Waals surface area contributed by atoms with E-state index in [-0.39, 0.29) is 0 Å². The van der Waals surface area contributed by atoms with E-state index in [0.29, 0.717) is 0 Å². The second-order valence-electron chi connectivity index (χ2n) is 9.67. The maximum atomic E-state index is 3.62. The van der Waals surface area contributed by atoms with Gasteiger partial charge in [-0.15, -0.1) is 0 Å². The van der Waals surface area contributed by atoms with Gasteiger partial charge in [0.1, 0.15) is 0 Å². The van der Waals surface area contributed by atoms with Gasteiger partial charge in [-0.05, 0) is 74.4 Å². The Bertz CT molecular complexity index is 1030. The summed E-state index contributed by atoms with van der Waals surface area (Å²) >= 11 is 1.87. The SMILES string of the molecule is c1ccc2c(c1)Sc1ccccc1N2Cc1ccc(CN2CCCNCCNCCCNCC2)cc1. The quantitative estimate of drug-likeness (QED) is 0.475. The van der Waals surface area contributed by atoms with Crippen LogP contribution in [0.15, 0.2) is 82.6 Å². The van der Waals surface area contributed by atoms with Gasteiger partial charge in [-0.1, -0.05) is 60.3 Å². The molecule has 3 N–H and O–H groups in total. The first-order valence-corrected chi connectivity index (χ1v) is 14.2. The van der Waals surface area contributed by atoms with Gasteiger partial charge in [0, 0.05) is 49.1 Å². The van der Waals surface area contributed by atoms with Gasteiger partial charge in [-0.25, -0.2) is 0 Å². The Morgan fingerprint density at radius 2 is 1.11 bits per heavy atom. The lowest BCUT2D eigenvalue weighted by Gasteiger charge is -2.33. The molecular weight excluding hydrogens is 462 g/mol. The highest BCUT2D eigenvalue weighted by Gasteiger charge is 2.22. The van der Waals surface area contributed by atoms with Crippen LogP contribution in [0, 0.1) is 0 Å². The molecule has 0 bridgehead atoms. The minimum Gasteiger partial charge on any atom is -0.335 e. The van der Waals surface area contributed by atoms with E-state index >= 15 is 0 Å². The summed E-state index contributed by atoms with van der Waals surface area (Å²) in [6.45, 7) is 10.5. The summed E-state index contributed by atoms with van der Waals surface area (Å²) in [4.78, 5) is 7.72. The maximum absolute atomic E-state index is 3.62. The molecule has 0 atom stereocenters. The van der Waals surface area contributed by atoms with Crippen molar-refractivity contribution >= 4 is 23.1 Å². The number of nitrogens with zero attached hydrogens (tertiary/aromatic N) is 2. The molecule has 0 radical (unpaired) electrons. The van der Waals surface area contributed by atoms with Crippen molar-refractivity contribution in [3.8, 4) is 0 Å². The molecular formula is C30H39N5S. The van der Waals surface area contributed by atoms with Crippen molar-refractivity contribution in [2.75, 3.05) is 57.3 Å². The van der Waals surface area contributed by atoms with E-state index in [1.807, 2.05) is 11.8 Å². The van der Waals surface area contributed by atoms with Crippen LogP contribution in [0.3, 0.4) is 0 Å². The Labute approximate surface area is 220 Å². The number of benzene rings is 3. The minimum atomic E-state index is 0.878. The summed E-state index contributed by atoms with van der Waals surface area (Å²) < 4.78 is 0. The summed E-state index contributed by atoms with van der Waals surface area (Å²) in [6, 6.07) is 26.8. The summed E-state index contributed by atoms with van der Waals surface area (Å²) in [5.74, 6) is 0. The first-order chi connectivity index (χ1) is 17.9. The van der Waals surface area contributed by atoms with E-state index in [1.54, 1.807) is 0 Å². The molecule has 0 amide bonds. The molecule has 3 aromatic rings. The molecule has 0 unspecified atom stereocenters. The van der Waals surface area contributed by atoms with Crippen LogP contribution in [0.4, 0.5) is 11.4 Å². The average molecular weight is 502 g/mol. The Hall–Kier alpha value is -2.35. The van der Waals surface area contributed by atoms with Gasteiger partial charge in [-0.3, -0.25) is 4.90 Å². The van der Waals surface area contributed by atoms with Crippen molar-refractivity contribution in [3.05, 3.63) is 83.9 Å². The predicted octanol–water partition coefficient (Wildman–Crippen LogP) is 4.85. The third-order valence-electron chi connectivity index (χ3n) is 6.92. The molecule has 0 saturated carbocycles. The zero-order chi connectivity index (χ0) is 24.4. The molecule has 36 heavy (non-hydrogen) atoms. The van der Waals surface area contributed by atoms with Crippen molar-refractivity contribution in [2.24, 2.45) is 0 Å². The maximum Gasteiger partial charge on any atom is 0.0556 e. The van der Waals surface area contributed by atoms with Gasteiger partial charge >= 0.3 is 0 Å². The van der Waals surface area contributed by atoms with E-state index in [1.165, 1.54) is 45.1 Å². The molecule has 2 aliphatic heterocycles. The fraction of sp³-hybridized carbons (Fsp3) is 0.400. The van der Waals surface area contributed by atoms with Gasteiger partial charge in [0.2, 0.25) is 0 Å². The number of nitrogens with one attached hydrogen (secondary N) is 3.